The Morgan fingerprint density at radius 2 is 0.704 bits per heavy atom. The second-order valence-electron chi connectivity index (χ2n) is 23.9. The monoisotopic (exact) mass is 1170 g/mol. The molecule has 0 spiro atoms. The van der Waals surface area contributed by atoms with E-state index in [9.17, 15) is 61.0 Å². The molecule has 3 saturated heterocycles. The molecule has 3 fully saturated rings. The molecule has 0 aromatic heterocycles. The average Bonchev–Trinajstić information content (AvgIpc) is 3.52. The highest BCUT2D eigenvalue weighted by molar-refractivity contribution is 5.76. The molecule has 480 valence electrons. The number of carbonyl (C=O) groups excluding carboxylic acids is 1. The molecule has 0 bridgehead atoms. The molecule has 3 heterocycles. The SMILES string of the molecule is CCCCCCCCCCCCCCCCCCCCCCC(=O)NC(COC1OC(CO)C(OC2OC(CO)C(OC3OC(CO)C(O)C(O)C3O)C(O)C2O)C(O)C1O)C(O)CCCCCCCCCCCCCCCCCC. The zero-order chi connectivity index (χ0) is 59.0. The third kappa shape index (κ3) is 29.4. The lowest BCUT2D eigenvalue weighted by Gasteiger charge is -2.48. The minimum Gasteiger partial charge on any atom is -0.394 e. The van der Waals surface area contributed by atoms with Crippen LogP contribution in [0, 0.1) is 0 Å². The van der Waals surface area contributed by atoms with Gasteiger partial charge in [0, 0.05) is 6.42 Å². The van der Waals surface area contributed by atoms with Crippen LogP contribution in [0.1, 0.15) is 258 Å². The van der Waals surface area contributed by atoms with Gasteiger partial charge in [0.2, 0.25) is 5.91 Å². The largest absolute Gasteiger partial charge is 0.394 e. The van der Waals surface area contributed by atoms with Crippen LogP contribution in [0.25, 0.3) is 0 Å². The zero-order valence-electron chi connectivity index (χ0n) is 50.3. The van der Waals surface area contributed by atoms with E-state index in [1.807, 2.05) is 0 Å². The zero-order valence-corrected chi connectivity index (χ0v) is 50.3. The van der Waals surface area contributed by atoms with Crippen LogP contribution >= 0.6 is 0 Å². The smallest absolute Gasteiger partial charge is 0.220 e. The Bertz CT molecular complexity index is 1490. The van der Waals surface area contributed by atoms with Crippen LogP contribution in [-0.4, -0.2) is 193 Å². The number of amides is 1. The summed E-state index contributed by atoms with van der Waals surface area (Å²) in [7, 11) is 0. The predicted molar refractivity (Wildman–Crippen MR) is 310 cm³/mol. The Hall–Kier alpha value is -1.21. The number of carbonyl (C=O) groups is 1. The summed E-state index contributed by atoms with van der Waals surface area (Å²) >= 11 is 0. The molecule has 19 heteroatoms. The number of hydrogen-bond donors (Lipinski definition) is 12. The Kier molecular flexibility index (Phi) is 42.1. The summed E-state index contributed by atoms with van der Waals surface area (Å²) in [6, 6.07) is -0.880. The Morgan fingerprint density at radius 1 is 0.395 bits per heavy atom. The molecule has 17 unspecified atom stereocenters. The van der Waals surface area contributed by atoms with Crippen molar-refractivity contribution in [2.75, 3.05) is 26.4 Å². The number of unbranched alkanes of at least 4 members (excludes halogenated alkanes) is 34. The van der Waals surface area contributed by atoms with Crippen molar-refractivity contribution in [2.45, 2.75) is 362 Å². The molecule has 12 N–H and O–H groups in total. The molecule has 3 aliphatic heterocycles. The van der Waals surface area contributed by atoms with E-state index in [1.165, 1.54) is 180 Å². The van der Waals surface area contributed by atoms with Gasteiger partial charge in [-0.2, -0.15) is 0 Å². The number of aliphatic hydroxyl groups excluding tert-OH is 11. The lowest BCUT2D eigenvalue weighted by molar-refractivity contribution is -0.379. The minimum absolute atomic E-state index is 0.237. The Balaban J connectivity index is 1.46. The number of rotatable bonds is 50. The van der Waals surface area contributed by atoms with Crippen molar-refractivity contribution in [1.82, 2.24) is 5.32 Å². The molecule has 17 atom stereocenters. The third-order valence-corrected chi connectivity index (χ3v) is 16.9. The first-order valence-electron chi connectivity index (χ1n) is 32.8. The second-order valence-corrected chi connectivity index (χ2v) is 23.9. The molecule has 3 aliphatic rings. The summed E-state index contributed by atoms with van der Waals surface area (Å²) in [4.78, 5) is 13.4. The summed E-state index contributed by atoms with van der Waals surface area (Å²) in [5.74, 6) is -0.237. The highest BCUT2D eigenvalue weighted by Crippen LogP contribution is 2.33. The van der Waals surface area contributed by atoms with Crippen LogP contribution in [0.15, 0.2) is 0 Å². The lowest BCUT2D eigenvalue weighted by Crippen LogP contribution is -2.66. The van der Waals surface area contributed by atoms with Gasteiger partial charge in [-0.3, -0.25) is 4.79 Å². The molecular formula is C62H119NO18. The van der Waals surface area contributed by atoms with Gasteiger partial charge in [-0.05, 0) is 12.8 Å². The summed E-state index contributed by atoms with van der Waals surface area (Å²) < 4.78 is 34.4. The van der Waals surface area contributed by atoms with Crippen LogP contribution in [0.3, 0.4) is 0 Å². The highest BCUT2D eigenvalue weighted by Gasteiger charge is 2.53. The van der Waals surface area contributed by atoms with Gasteiger partial charge in [0.25, 0.3) is 0 Å². The van der Waals surface area contributed by atoms with Crippen molar-refractivity contribution in [3.8, 4) is 0 Å². The fraction of sp³-hybridized carbons (Fsp3) is 0.984. The number of hydrogen-bond acceptors (Lipinski definition) is 18. The van der Waals surface area contributed by atoms with E-state index in [0.29, 0.717) is 12.8 Å². The maximum absolute atomic E-state index is 13.4. The molecule has 0 aromatic rings. The van der Waals surface area contributed by atoms with Gasteiger partial charge in [-0.25, -0.2) is 0 Å². The number of ether oxygens (including phenoxy) is 6. The Labute approximate surface area is 487 Å². The van der Waals surface area contributed by atoms with Gasteiger partial charge in [0.1, 0.15) is 73.2 Å². The maximum atomic E-state index is 13.4. The number of aliphatic hydroxyl groups is 11. The van der Waals surface area contributed by atoms with E-state index < -0.39 is 124 Å². The Morgan fingerprint density at radius 3 is 1.07 bits per heavy atom. The summed E-state index contributed by atoms with van der Waals surface area (Å²) in [5, 5.41) is 120. The second kappa shape index (κ2) is 46.0. The minimum atomic E-state index is -1.97. The average molecular weight is 1170 g/mol. The van der Waals surface area contributed by atoms with Crippen LogP contribution in [-0.2, 0) is 33.2 Å². The van der Waals surface area contributed by atoms with Crippen LogP contribution in [0.4, 0.5) is 0 Å². The van der Waals surface area contributed by atoms with Crippen molar-refractivity contribution >= 4 is 5.91 Å². The molecule has 3 rings (SSSR count). The van der Waals surface area contributed by atoms with Gasteiger partial charge in [0.05, 0.1) is 38.6 Å². The third-order valence-electron chi connectivity index (χ3n) is 16.9. The van der Waals surface area contributed by atoms with Gasteiger partial charge in [-0.15, -0.1) is 0 Å². The van der Waals surface area contributed by atoms with Crippen molar-refractivity contribution in [2.24, 2.45) is 0 Å². The molecule has 0 aromatic carbocycles. The summed E-state index contributed by atoms with van der Waals surface area (Å²) in [6.45, 7) is 1.83. The van der Waals surface area contributed by atoms with Gasteiger partial charge < -0.3 is 89.9 Å². The molecule has 81 heavy (non-hydrogen) atoms. The first-order valence-corrected chi connectivity index (χ1v) is 32.8. The number of nitrogens with one attached hydrogen (secondary N) is 1. The van der Waals surface area contributed by atoms with E-state index >= 15 is 0 Å². The van der Waals surface area contributed by atoms with Crippen LogP contribution in [0.2, 0.25) is 0 Å². The first-order chi connectivity index (χ1) is 39.3. The molecule has 0 radical (unpaired) electrons. The van der Waals surface area contributed by atoms with Crippen LogP contribution in [0.5, 0.6) is 0 Å². The van der Waals surface area contributed by atoms with E-state index in [-0.39, 0.29) is 18.9 Å². The van der Waals surface area contributed by atoms with E-state index in [1.54, 1.807) is 0 Å². The molecule has 1 amide bonds. The van der Waals surface area contributed by atoms with Crippen molar-refractivity contribution in [3.63, 3.8) is 0 Å². The van der Waals surface area contributed by atoms with Crippen molar-refractivity contribution in [1.29, 1.82) is 0 Å². The van der Waals surface area contributed by atoms with E-state index in [2.05, 4.69) is 19.2 Å². The van der Waals surface area contributed by atoms with Gasteiger partial charge in [-0.1, -0.05) is 239 Å². The quantitative estimate of drug-likeness (QED) is 0.0269. The van der Waals surface area contributed by atoms with Gasteiger partial charge >= 0.3 is 0 Å². The van der Waals surface area contributed by atoms with E-state index in [4.69, 9.17) is 28.4 Å². The summed E-state index contributed by atoms with van der Waals surface area (Å²) in [6.07, 6.45) is 18.9. The predicted octanol–water partition coefficient (Wildman–Crippen LogP) is 7.16. The molecule has 0 aliphatic carbocycles. The molecule has 19 nitrogen and oxygen atoms in total. The van der Waals surface area contributed by atoms with E-state index in [0.717, 1.165) is 44.9 Å². The normalized spacial score (nSPS) is 29.7. The van der Waals surface area contributed by atoms with Crippen molar-refractivity contribution in [3.05, 3.63) is 0 Å². The fourth-order valence-corrected chi connectivity index (χ4v) is 11.6. The lowest BCUT2D eigenvalue weighted by atomic mass is 9.96. The topological polar surface area (TPSA) is 307 Å². The highest BCUT2D eigenvalue weighted by atomic mass is 16.8. The molecular weight excluding hydrogens is 1050 g/mol. The van der Waals surface area contributed by atoms with Crippen LogP contribution < -0.4 is 5.32 Å². The van der Waals surface area contributed by atoms with Crippen molar-refractivity contribution < 1.29 is 89.4 Å². The maximum Gasteiger partial charge on any atom is 0.220 e. The molecule has 0 saturated carbocycles. The van der Waals surface area contributed by atoms with Gasteiger partial charge in [0.15, 0.2) is 18.9 Å². The summed E-state index contributed by atoms with van der Waals surface area (Å²) in [5.41, 5.74) is 0. The fourth-order valence-electron chi connectivity index (χ4n) is 11.6. The standard InChI is InChI=1S/C62H119NO18/c1-3-5-7-9-11-13-15-17-19-21-22-23-24-26-28-30-32-34-36-38-40-50(68)63-45(46(67)39-37-35-33-31-29-27-25-20-18-16-14-12-10-8-6-4-2)44-76-60-56(74)53(71)58(48(42-65)78-60)81-62-57(75)54(72)59(49(43-66)79-62)80-61-55(73)52(70)51(69)47(41-64)77-61/h45-49,51-62,64-67,69-75H,3-44H2,1-2H3,(H,63,68). The first kappa shape index (κ1) is 74.0.